The average Bonchev–Trinajstić information content (AvgIpc) is 2.67. The molecule has 1 aliphatic carbocycles. The zero-order valence-corrected chi connectivity index (χ0v) is 9.16. The second-order valence-corrected chi connectivity index (χ2v) is 4.27. The van der Waals surface area contributed by atoms with E-state index in [1.807, 2.05) is 6.92 Å². The summed E-state index contributed by atoms with van der Waals surface area (Å²) >= 11 is 0. The van der Waals surface area contributed by atoms with Gasteiger partial charge in [0.2, 0.25) is 0 Å². The van der Waals surface area contributed by atoms with Crippen LogP contribution < -0.4 is 5.73 Å². The van der Waals surface area contributed by atoms with E-state index in [2.05, 4.69) is 36.1 Å². The first-order valence-corrected chi connectivity index (χ1v) is 5.58. The molecule has 0 heterocycles. The molecule has 1 saturated carbocycles. The summed E-state index contributed by atoms with van der Waals surface area (Å²) in [5.74, 6) is 6.64. The van der Waals surface area contributed by atoms with E-state index in [9.17, 15) is 0 Å². The van der Waals surface area contributed by atoms with Gasteiger partial charge >= 0.3 is 0 Å². The predicted molar refractivity (Wildman–Crippen MR) is 63.6 cm³/mol. The Labute approximate surface area is 91.7 Å². The summed E-state index contributed by atoms with van der Waals surface area (Å²) < 4.78 is 0. The minimum absolute atomic E-state index is 0.408. The Morgan fingerprint density at radius 1 is 1.20 bits per heavy atom. The van der Waals surface area contributed by atoms with Crippen LogP contribution in [0.1, 0.15) is 43.2 Å². The van der Waals surface area contributed by atoms with Crippen LogP contribution in [-0.2, 0) is 0 Å². The van der Waals surface area contributed by atoms with Crippen LogP contribution in [0, 0.1) is 11.8 Å². The highest BCUT2D eigenvalue weighted by Crippen LogP contribution is 2.33. The lowest BCUT2D eigenvalue weighted by molar-refractivity contribution is 0.674. The lowest BCUT2D eigenvalue weighted by Gasteiger charge is -2.09. The van der Waals surface area contributed by atoms with Crippen LogP contribution in [0.4, 0.5) is 0 Å². The van der Waals surface area contributed by atoms with Gasteiger partial charge in [0.15, 0.2) is 0 Å². The molecule has 0 saturated heterocycles. The highest BCUT2D eigenvalue weighted by atomic mass is 14.6. The standard InChI is InChI=1S/C14H17N/c1-2-3-11-4-6-12(7-5-11)13-8-9-14(15)10-13/h4-7,13-14H,8-10,15H2,1H3/t13-,14-/m1/s1. The fraction of sp³-hybridized carbons (Fsp3) is 0.429. The van der Waals surface area contributed by atoms with Crippen LogP contribution in [0.15, 0.2) is 24.3 Å². The van der Waals surface area contributed by atoms with E-state index >= 15 is 0 Å². The molecule has 78 valence electrons. The monoisotopic (exact) mass is 199 g/mol. The van der Waals surface area contributed by atoms with E-state index in [1.165, 1.54) is 18.4 Å². The summed E-state index contributed by atoms with van der Waals surface area (Å²) in [6.45, 7) is 1.86. The van der Waals surface area contributed by atoms with Crippen molar-refractivity contribution in [3.63, 3.8) is 0 Å². The van der Waals surface area contributed by atoms with Gasteiger partial charge in [0.25, 0.3) is 0 Å². The fourth-order valence-corrected chi connectivity index (χ4v) is 2.30. The Kier molecular flexibility index (Phi) is 3.08. The van der Waals surface area contributed by atoms with Crippen LogP contribution in [0.25, 0.3) is 0 Å². The third kappa shape index (κ3) is 2.40. The van der Waals surface area contributed by atoms with Crippen LogP contribution in [0.5, 0.6) is 0 Å². The highest BCUT2D eigenvalue weighted by molar-refractivity contribution is 5.37. The summed E-state index contributed by atoms with van der Waals surface area (Å²) in [5.41, 5.74) is 8.44. The number of rotatable bonds is 1. The second-order valence-electron chi connectivity index (χ2n) is 4.27. The third-order valence-corrected chi connectivity index (χ3v) is 3.12. The summed E-state index contributed by atoms with van der Waals surface area (Å²) in [7, 11) is 0. The molecule has 1 aliphatic rings. The first-order chi connectivity index (χ1) is 7.29. The van der Waals surface area contributed by atoms with E-state index in [0.29, 0.717) is 12.0 Å². The SMILES string of the molecule is CC#Cc1ccc([C@@H]2CC[C@@H](N)C2)cc1. The smallest absolute Gasteiger partial charge is 0.0245 e. The van der Waals surface area contributed by atoms with E-state index in [0.717, 1.165) is 12.0 Å². The molecular weight excluding hydrogens is 182 g/mol. The Morgan fingerprint density at radius 2 is 1.93 bits per heavy atom. The molecule has 1 aromatic rings. The molecule has 2 N–H and O–H groups in total. The molecule has 1 nitrogen and oxygen atoms in total. The van der Waals surface area contributed by atoms with E-state index in [4.69, 9.17) is 5.73 Å². The van der Waals surface area contributed by atoms with Crippen molar-refractivity contribution in [1.82, 2.24) is 0 Å². The Bertz CT molecular complexity index is 380. The molecule has 15 heavy (non-hydrogen) atoms. The van der Waals surface area contributed by atoms with Crippen molar-refractivity contribution in [3.05, 3.63) is 35.4 Å². The van der Waals surface area contributed by atoms with Crippen molar-refractivity contribution in [2.45, 2.75) is 38.1 Å². The van der Waals surface area contributed by atoms with Crippen molar-refractivity contribution >= 4 is 0 Å². The Morgan fingerprint density at radius 3 is 2.47 bits per heavy atom. The van der Waals surface area contributed by atoms with Gasteiger partial charge in [0.05, 0.1) is 0 Å². The van der Waals surface area contributed by atoms with Crippen LogP contribution in [-0.4, -0.2) is 6.04 Å². The molecular formula is C14H17N. The molecule has 0 bridgehead atoms. The average molecular weight is 199 g/mol. The maximum absolute atomic E-state index is 5.92. The van der Waals surface area contributed by atoms with E-state index in [1.54, 1.807) is 0 Å². The Hall–Kier alpha value is -1.26. The first kappa shape index (κ1) is 10.3. The minimum Gasteiger partial charge on any atom is -0.328 e. The quantitative estimate of drug-likeness (QED) is 0.691. The summed E-state index contributed by atoms with van der Waals surface area (Å²) in [6.07, 6.45) is 3.54. The molecule has 1 heteroatoms. The zero-order valence-electron chi connectivity index (χ0n) is 9.16. The number of nitrogens with two attached hydrogens (primary N) is 1. The van der Waals surface area contributed by atoms with Gasteiger partial charge in [-0.15, -0.1) is 5.92 Å². The van der Waals surface area contributed by atoms with Crippen molar-refractivity contribution in [3.8, 4) is 11.8 Å². The molecule has 0 aromatic heterocycles. The molecule has 0 radical (unpaired) electrons. The van der Waals surface area contributed by atoms with Crippen molar-refractivity contribution in [2.24, 2.45) is 5.73 Å². The van der Waals surface area contributed by atoms with Gasteiger partial charge in [0.1, 0.15) is 0 Å². The van der Waals surface area contributed by atoms with Crippen molar-refractivity contribution in [2.75, 3.05) is 0 Å². The minimum atomic E-state index is 0.408. The molecule has 0 unspecified atom stereocenters. The molecule has 0 amide bonds. The fourth-order valence-electron chi connectivity index (χ4n) is 2.30. The molecule has 0 spiro atoms. The van der Waals surface area contributed by atoms with Crippen LogP contribution in [0.2, 0.25) is 0 Å². The first-order valence-electron chi connectivity index (χ1n) is 5.58. The van der Waals surface area contributed by atoms with E-state index in [-0.39, 0.29) is 0 Å². The summed E-state index contributed by atoms with van der Waals surface area (Å²) in [5, 5.41) is 0. The molecule has 1 fully saturated rings. The second kappa shape index (κ2) is 4.51. The zero-order chi connectivity index (χ0) is 10.7. The number of hydrogen-bond acceptors (Lipinski definition) is 1. The Balaban J connectivity index is 2.12. The number of benzene rings is 1. The van der Waals surface area contributed by atoms with Gasteiger partial charge in [0, 0.05) is 11.6 Å². The van der Waals surface area contributed by atoms with Gasteiger partial charge in [-0.25, -0.2) is 0 Å². The van der Waals surface area contributed by atoms with Crippen molar-refractivity contribution in [1.29, 1.82) is 0 Å². The van der Waals surface area contributed by atoms with Gasteiger partial charge in [-0.3, -0.25) is 0 Å². The summed E-state index contributed by atoms with van der Waals surface area (Å²) in [6, 6.07) is 9.01. The molecule has 2 rings (SSSR count). The predicted octanol–water partition coefficient (Wildman–Crippen LogP) is 2.65. The molecule has 0 aliphatic heterocycles. The van der Waals surface area contributed by atoms with Gasteiger partial charge in [-0.1, -0.05) is 18.1 Å². The lowest BCUT2D eigenvalue weighted by Crippen LogP contribution is -2.14. The molecule has 2 atom stereocenters. The number of hydrogen-bond donors (Lipinski definition) is 1. The van der Waals surface area contributed by atoms with Crippen LogP contribution in [0.3, 0.4) is 0 Å². The summed E-state index contributed by atoms with van der Waals surface area (Å²) in [4.78, 5) is 0. The largest absolute Gasteiger partial charge is 0.328 e. The lowest BCUT2D eigenvalue weighted by atomic mass is 9.96. The van der Waals surface area contributed by atoms with Crippen molar-refractivity contribution < 1.29 is 0 Å². The highest BCUT2D eigenvalue weighted by Gasteiger charge is 2.22. The van der Waals surface area contributed by atoms with E-state index < -0.39 is 0 Å². The van der Waals surface area contributed by atoms with Gasteiger partial charge in [-0.2, -0.15) is 0 Å². The topological polar surface area (TPSA) is 26.0 Å². The third-order valence-electron chi connectivity index (χ3n) is 3.12. The molecule has 1 aromatic carbocycles. The maximum atomic E-state index is 5.92. The normalized spacial score (nSPS) is 24.7. The van der Waals surface area contributed by atoms with Gasteiger partial charge < -0.3 is 5.73 Å². The van der Waals surface area contributed by atoms with Gasteiger partial charge in [-0.05, 0) is 49.8 Å². The maximum Gasteiger partial charge on any atom is 0.0245 e. The van der Waals surface area contributed by atoms with Crippen LogP contribution >= 0.6 is 0 Å².